The molecule has 0 atom stereocenters. The Balaban J connectivity index is 2.14. The summed E-state index contributed by atoms with van der Waals surface area (Å²) in [5, 5.41) is 0. The van der Waals surface area contributed by atoms with Crippen molar-refractivity contribution in [1.82, 2.24) is 0 Å². The van der Waals surface area contributed by atoms with E-state index in [2.05, 4.69) is 58.9 Å². The molecule has 0 aromatic heterocycles. The Labute approximate surface area is 111 Å². The average molecular weight is 245 g/mol. The van der Waals surface area contributed by atoms with Crippen molar-refractivity contribution in [2.45, 2.75) is 51.7 Å². The van der Waals surface area contributed by atoms with Gasteiger partial charge in [-0.15, -0.1) is 0 Å². The molecule has 0 bridgehead atoms. The van der Waals surface area contributed by atoms with Crippen molar-refractivity contribution in [3.05, 3.63) is 36.8 Å². The van der Waals surface area contributed by atoms with Crippen LogP contribution in [-0.4, -0.2) is 18.3 Å². The Morgan fingerprint density at radius 1 is 1.00 bits per heavy atom. The normalized spacial score (nSPS) is 21.3. The smallest absolute Gasteiger partial charge is 0.399 e. The molecular weight excluding hydrogens is 223 g/mol. The third-order valence-corrected chi connectivity index (χ3v) is 3.97. The second kappa shape index (κ2) is 4.71. The molecule has 1 aromatic carbocycles. The van der Waals surface area contributed by atoms with Gasteiger partial charge in [0.25, 0.3) is 0 Å². The first-order valence-electron chi connectivity index (χ1n) is 6.59. The Morgan fingerprint density at radius 3 is 1.94 bits per heavy atom. The maximum atomic E-state index is 6.02. The first-order valence-corrected chi connectivity index (χ1v) is 6.59. The quantitative estimate of drug-likeness (QED) is 0.762. The fraction of sp³-hybridized carbons (Fsp3) is 0.533. The first-order chi connectivity index (χ1) is 8.36. The van der Waals surface area contributed by atoms with E-state index in [0.717, 1.165) is 18.3 Å². The van der Waals surface area contributed by atoms with Gasteiger partial charge in [-0.3, -0.25) is 0 Å². The highest BCUT2D eigenvalue weighted by molar-refractivity contribution is 6.62. The second-order valence-electron chi connectivity index (χ2n) is 5.93. The molecule has 0 amide bonds. The molecule has 1 aliphatic heterocycles. The molecule has 1 heterocycles. The van der Waals surface area contributed by atoms with Crippen molar-refractivity contribution in [2.24, 2.45) is 0 Å². The van der Waals surface area contributed by atoms with E-state index in [1.54, 1.807) is 0 Å². The van der Waals surface area contributed by atoms with Gasteiger partial charge in [-0.05, 0) is 51.6 Å². The highest BCUT2D eigenvalue weighted by atomic mass is 16.7. The van der Waals surface area contributed by atoms with E-state index in [-0.39, 0.29) is 18.3 Å². The fourth-order valence-electron chi connectivity index (χ4n) is 2.02. The topological polar surface area (TPSA) is 18.5 Å². The highest BCUT2D eigenvalue weighted by Crippen LogP contribution is 2.36. The van der Waals surface area contributed by atoms with Gasteiger partial charge in [-0.1, -0.05) is 31.2 Å². The number of hydrogen-bond donors (Lipinski definition) is 0. The van der Waals surface area contributed by atoms with Crippen molar-refractivity contribution >= 4 is 12.6 Å². The third kappa shape index (κ3) is 2.48. The van der Waals surface area contributed by atoms with Gasteiger partial charge in [0, 0.05) is 0 Å². The summed E-state index contributed by atoms with van der Waals surface area (Å²) in [6.07, 6.45) is 1.94. The minimum atomic E-state index is -0.274. The van der Waals surface area contributed by atoms with Gasteiger partial charge in [0.1, 0.15) is 0 Å². The molecule has 2 rings (SSSR count). The van der Waals surface area contributed by atoms with Crippen molar-refractivity contribution in [2.75, 3.05) is 0 Å². The van der Waals surface area contributed by atoms with Crippen LogP contribution in [0.15, 0.2) is 24.3 Å². The molecule has 0 saturated carbocycles. The number of benzene rings is 1. The van der Waals surface area contributed by atoms with Gasteiger partial charge in [-0.25, -0.2) is 0 Å². The maximum absolute atomic E-state index is 6.02. The molecular formula is C15H22BO2. The Hall–Kier alpha value is -0.795. The molecule has 0 spiro atoms. The summed E-state index contributed by atoms with van der Waals surface area (Å²) in [5.74, 6) is 0. The van der Waals surface area contributed by atoms with Crippen molar-refractivity contribution < 1.29 is 9.31 Å². The summed E-state index contributed by atoms with van der Waals surface area (Å²) in [4.78, 5) is 0. The van der Waals surface area contributed by atoms with E-state index in [9.17, 15) is 0 Å². The summed E-state index contributed by atoms with van der Waals surface area (Å²) < 4.78 is 12.0. The number of aryl methyl sites for hydroxylation is 1. The van der Waals surface area contributed by atoms with Crippen molar-refractivity contribution in [3.63, 3.8) is 0 Å². The van der Waals surface area contributed by atoms with Crippen LogP contribution in [0.3, 0.4) is 0 Å². The van der Waals surface area contributed by atoms with E-state index >= 15 is 0 Å². The number of rotatable bonds is 3. The molecule has 18 heavy (non-hydrogen) atoms. The largest absolute Gasteiger partial charge is 0.494 e. The summed E-state index contributed by atoms with van der Waals surface area (Å²) in [6.45, 7) is 12.2. The minimum Gasteiger partial charge on any atom is -0.399 e. The SMILES string of the molecule is [CH2]CCc1ccc(B2OC(C)(C)C(C)(C)O2)cc1. The zero-order chi connectivity index (χ0) is 13.4. The van der Waals surface area contributed by atoms with E-state index in [4.69, 9.17) is 9.31 Å². The average Bonchev–Trinajstić information content (AvgIpc) is 2.50. The lowest BCUT2D eigenvalue weighted by atomic mass is 9.79. The van der Waals surface area contributed by atoms with Crippen LogP contribution in [0.4, 0.5) is 0 Å². The fourth-order valence-corrected chi connectivity index (χ4v) is 2.02. The summed E-state index contributed by atoms with van der Waals surface area (Å²) in [7, 11) is -0.260. The Morgan fingerprint density at radius 2 is 1.50 bits per heavy atom. The van der Waals surface area contributed by atoms with Crippen LogP contribution in [-0.2, 0) is 15.7 Å². The molecule has 1 fully saturated rings. The maximum Gasteiger partial charge on any atom is 0.494 e. The molecule has 0 aliphatic carbocycles. The molecule has 0 N–H and O–H groups in total. The van der Waals surface area contributed by atoms with E-state index in [0.29, 0.717) is 0 Å². The molecule has 3 heteroatoms. The lowest BCUT2D eigenvalue weighted by Gasteiger charge is -2.32. The lowest BCUT2D eigenvalue weighted by Crippen LogP contribution is -2.41. The van der Waals surface area contributed by atoms with Crippen molar-refractivity contribution in [1.29, 1.82) is 0 Å². The zero-order valence-electron chi connectivity index (χ0n) is 11.8. The van der Waals surface area contributed by atoms with Crippen molar-refractivity contribution in [3.8, 4) is 0 Å². The van der Waals surface area contributed by atoms with E-state index in [1.807, 2.05) is 0 Å². The summed E-state index contributed by atoms with van der Waals surface area (Å²) >= 11 is 0. The van der Waals surface area contributed by atoms with Crippen LogP contribution in [0.2, 0.25) is 0 Å². The molecule has 2 nitrogen and oxygen atoms in total. The lowest BCUT2D eigenvalue weighted by molar-refractivity contribution is 0.00578. The third-order valence-electron chi connectivity index (χ3n) is 3.97. The predicted molar refractivity (Wildman–Crippen MR) is 75.8 cm³/mol. The minimum absolute atomic E-state index is 0.260. The highest BCUT2D eigenvalue weighted by Gasteiger charge is 2.51. The summed E-state index contributed by atoms with van der Waals surface area (Å²) in [5.41, 5.74) is 1.85. The Kier molecular flexibility index (Phi) is 3.57. The van der Waals surface area contributed by atoms with Crippen LogP contribution < -0.4 is 5.46 Å². The summed E-state index contributed by atoms with van der Waals surface area (Å²) in [6, 6.07) is 8.44. The molecule has 97 valence electrons. The van der Waals surface area contributed by atoms with Crippen LogP contribution >= 0.6 is 0 Å². The van der Waals surface area contributed by atoms with Gasteiger partial charge in [0.15, 0.2) is 0 Å². The molecule has 1 aliphatic rings. The van der Waals surface area contributed by atoms with E-state index in [1.165, 1.54) is 5.56 Å². The number of hydrogen-bond acceptors (Lipinski definition) is 2. The first kappa shape index (κ1) is 13.6. The molecule has 1 saturated heterocycles. The van der Waals surface area contributed by atoms with Gasteiger partial charge in [0.2, 0.25) is 0 Å². The molecule has 1 aromatic rings. The van der Waals surface area contributed by atoms with Crippen LogP contribution in [0.1, 0.15) is 39.7 Å². The Bertz CT molecular complexity index is 393. The van der Waals surface area contributed by atoms with Gasteiger partial charge in [-0.2, -0.15) is 0 Å². The van der Waals surface area contributed by atoms with Gasteiger partial charge >= 0.3 is 7.12 Å². The zero-order valence-corrected chi connectivity index (χ0v) is 11.8. The van der Waals surface area contributed by atoms with E-state index < -0.39 is 0 Å². The van der Waals surface area contributed by atoms with Gasteiger partial charge < -0.3 is 9.31 Å². The van der Waals surface area contributed by atoms with Gasteiger partial charge in [0.05, 0.1) is 11.2 Å². The molecule has 1 radical (unpaired) electrons. The predicted octanol–water partition coefficient (Wildman–Crippen LogP) is 2.75. The standard InChI is InChI=1S/C15H22BO2/c1-6-7-12-8-10-13(11-9-12)16-17-14(2,3)15(4,5)18-16/h8-11H,1,6-7H2,2-5H3. The van der Waals surface area contributed by atoms with Crippen LogP contribution in [0.5, 0.6) is 0 Å². The monoisotopic (exact) mass is 245 g/mol. The van der Waals surface area contributed by atoms with Crippen LogP contribution in [0.25, 0.3) is 0 Å². The molecule has 0 unspecified atom stereocenters. The van der Waals surface area contributed by atoms with Crippen LogP contribution in [0, 0.1) is 6.92 Å². The second-order valence-corrected chi connectivity index (χ2v) is 5.93.